The molecule has 0 spiro atoms. The number of carbonyl (C=O) groups is 1. The van der Waals surface area contributed by atoms with E-state index in [0.717, 1.165) is 11.8 Å². The molecule has 2 rings (SSSR count). The van der Waals surface area contributed by atoms with E-state index >= 15 is 0 Å². The van der Waals surface area contributed by atoms with Crippen LogP contribution in [0.15, 0.2) is 23.4 Å². The molecule has 3 N–H and O–H groups in total. The van der Waals surface area contributed by atoms with E-state index in [2.05, 4.69) is 20.0 Å². The molecule has 1 aromatic carbocycles. The molecular formula is C11H11N4O5S+. The van der Waals surface area contributed by atoms with Gasteiger partial charge in [-0.1, -0.05) is 11.8 Å². The highest BCUT2D eigenvalue weighted by Crippen LogP contribution is 2.31. The number of thioether (sulfide) groups is 1. The van der Waals surface area contributed by atoms with Crippen molar-refractivity contribution in [3.63, 3.8) is 0 Å². The summed E-state index contributed by atoms with van der Waals surface area (Å²) in [5, 5.41) is 25.0. The van der Waals surface area contributed by atoms with Crippen molar-refractivity contribution in [2.45, 2.75) is 5.16 Å². The maximum atomic E-state index is 11.4. The number of carboxylic acids is 1. The number of aromatic hydroxyl groups is 1. The normalized spacial score (nSPS) is 10.3. The number of phenols is 1. The topological polar surface area (TPSA) is 128 Å². The monoisotopic (exact) mass is 311 g/mol. The standard InChI is InChI=1S/C11H10N4O5S/c1-20-15(19)6-2-3-8(16)7(4-6)10-12-11(14-13-10)21-5-9(17)18/h2-4H,5H2,1H3,(H2-,12,13,14,16,17,18,19)/p+1. The van der Waals surface area contributed by atoms with Crippen LogP contribution in [0.25, 0.3) is 11.4 Å². The Hall–Kier alpha value is -2.62. The zero-order valence-electron chi connectivity index (χ0n) is 10.8. The van der Waals surface area contributed by atoms with Gasteiger partial charge in [-0.15, -0.1) is 5.10 Å². The van der Waals surface area contributed by atoms with Crippen molar-refractivity contribution in [2.24, 2.45) is 0 Å². The second-order valence-corrected chi connectivity index (χ2v) is 4.73. The molecule has 21 heavy (non-hydrogen) atoms. The largest absolute Gasteiger partial charge is 0.507 e. The number of phenolic OH excluding ortho intramolecular Hbond substituents is 1. The van der Waals surface area contributed by atoms with Crippen LogP contribution in [0.1, 0.15) is 0 Å². The van der Waals surface area contributed by atoms with Crippen LogP contribution in [0.5, 0.6) is 5.75 Å². The van der Waals surface area contributed by atoms with Crippen LogP contribution in [0.4, 0.5) is 5.69 Å². The highest BCUT2D eigenvalue weighted by Gasteiger charge is 2.19. The molecule has 0 saturated heterocycles. The lowest BCUT2D eigenvalue weighted by Crippen LogP contribution is -1.98. The summed E-state index contributed by atoms with van der Waals surface area (Å²) in [4.78, 5) is 30.7. The molecule has 0 atom stereocenters. The number of rotatable bonds is 6. The number of nitrogens with one attached hydrogen (secondary N) is 1. The van der Waals surface area contributed by atoms with Gasteiger partial charge in [0, 0.05) is 12.1 Å². The zero-order chi connectivity index (χ0) is 15.4. The van der Waals surface area contributed by atoms with Gasteiger partial charge in [-0.3, -0.25) is 9.89 Å². The van der Waals surface area contributed by atoms with Crippen LogP contribution in [0, 0.1) is 4.91 Å². The first-order chi connectivity index (χ1) is 10.0. The van der Waals surface area contributed by atoms with E-state index in [4.69, 9.17) is 5.11 Å². The Morgan fingerprint density at radius 2 is 2.29 bits per heavy atom. The Balaban J connectivity index is 2.29. The van der Waals surface area contributed by atoms with Crippen molar-refractivity contribution in [3.05, 3.63) is 23.1 Å². The lowest BCUT2D eigenvalue weighted by Gasteiger charge is -1.99. The molecule has 0 saturated carbocycles. The average Bonchev–Trinajstić information content (AvgIpc) is 2.93. The fourth-order valence-corrected chi connectivity index (χ4v) is 2.01. The third-order valence-electron chi connectivity index (χ3n) is 2.40. The predicted molar refractivity (Wildman–Crippen MR) is 72.1 cm³/mol. The number of aromatic nitrogens is 3. The molecule has 0 aliphatic rings. The molecule has 0 aliphatic carbocycles. The first kappa shape index (κ1) is 14.8. The van der Waals surface area contributed by atoms with Gasteiger partial charge in [0.05, 0.1) is 16.2 Å². The molecule has 1 heterocycles. The van der Waals surface area contributed by atoms with Gasteiger partial charge in [-0.2, -0.15) is 0 Å². The maximum absolute atomic E-state index is 11.4. The van der Waals surface area contributed by atoms with Crippen molar-refractivity contribution in [1.29, 1.82) is 0 Å². The molecule has 0 fully saturated rings. The molecule has 9 nitrogen and oxygen atoms in total. The van der Waals surface area contributed by atoms with Crippen molar-refractivity contribution in [2.75, 3.05) is 12.9 Å². The Labute approximate surface area is 122 Å². The van der Waals surface area contributed by atoms with Gasteiger partial charge in [0.2, 0.25) is 5.16 Å². The van der Waals surface area contributed by atoms with Crippen LogP contribution in [0.3, 0.4) is 0 Å². The van der Waals surface area contributed by atoms with Gasteiger partial charge in [0.1, 0.15) is 5.75 Å². The Bertz CT molecular complexity index is 687. The van der Waals surface area contributed by atoms with Gasteiger partial charge >= 0.3 is 11.7 Å². The first-order valence-corrected chi connectivity index (χ1v) is 6.61. The number of benzene rings is 1. The summed E-state index contributed by atoms with van der Waals surface area (Å²) in [7, 11) is 1.22. The van der Waals surface area contributed by atoms with E-state index in [9.17, 15) is 14.8 Å². The van der Waals surface area contributed by atoms with Crippen molar-refractivity contribution in [1.82, 2.24) is 15.2 Å². The van der Waals surface area contributed by atoms with E-state index in [0.29, 0.717) is 0 Å². The smallest absolute Gasteiger partial charge is 0.317 e. The van der Waals surface area contributed by atoms with Gasteiger partial charge < -0.3 is 10.2 Å². The van der Waals surface area contributed by atoms with Crippen LogP contribution >= 0.6 is 11.8 Å². The maximum Gasteiger partial charge on any atom is 0.317 e. The second-order valence-electron chi connectivity index (χ2n) is 3.79. The van der Waals surface area contributed by atoms with Gasteiger partial charge in [-0.05, 0) is 6.07 Å². The Kier molecular flexibility index (Phi) is 4.38. The summed E-state index contributed by atoms with van der Waals surface area (Å²) >= 11 is 0.933. The lowest BCUT2D eigenvalue weighted by molar-refractivity contribution is -0.736. The number of carboxylic acid groups (broad SMARTS) is 1. The molecule has 10 heteroatoms. The Morgan fingerprint density at radius 3 is 2.95 bits per heavy atom. The summed E-state index contributed by atoms with van der Waals surface area (Å²) in [5.41, 5.74) is 0.418. The van der Waals surface area contributed by atoms with Crippen molar-refractivity contribution < 1.29 is 24.8 Å². The fraction of sp³-hybridized carbons (Fsp3) is 0.182. The van der Waals surface area contributed by atoms with Crippen molar-refractivity contribution >= 4 is 23.4 Å². The van der Waals surface area contributed by atoms with E-state index < -0.39 is 5.97 Å². The lowest BCUT2D eigenvalue weighted by atomic mass is 10.1. The third kappa shape index (κ3) is 3.48. The number of aromatic amines is 1. The van der Waals surface area contributed by atoms with Crippen LogP contribution in [-0.4, -0.2) is 49.1 Å². The van der Waals surface area contributed by atoms with Crippen LogP contribution in [-0.2, 0) is 9.63 Å². The van der Waals surface area contributed by atoms with Gasteiger partial charge in [0.25, 0.3) is 4.92 Å². The van der Waals surface area contributed by atoms with Crippen LogP contribution in [0.2, 0.25) is 0 Å². The summed E-state index contributed by atoms with van der Waals surface area (Å²) in [6, 6.07) is 4.07. The summed E-state index contributed by atoms with van der Waals surface area (Å²) in [5.74, 6) is -1.05. The summed E-state index contributed by atoms with van der Waals surface area (Å²) in [6.07, 6.45) is 0. The highest BCUT2D eigenvalue weighted by molar-refractivity contribution is 7.99. The second kappa shape index (κ2) is 6.22. The van der Waals surface area contributed by atoms with Crippen LogP contribution < -0.4 is 0 Å². The quantitative estimate of drug-likeness (QED) is 0.538. The minimum atomic E-state index is -0.988. The number of hydrogen-bond donors (Lipinski definition) is 3. The van der Waals surface area contributed by atoms with Gasteiger partial charge in [0.15, 0.2) is 12.9 Å². The molecular weight excluding hydrogens is 300 g/mol. The molecule has 110 valence electrons. The molecule has 1 aromatic heterocycles. The SMILES string of the molecule is CO[N+](=O)c1ccc(O)c(-c2nc(SCC(=O)O)n[nH]2)c1. The van der Waals surface area contributed by atoms with Crippen molar-refractivity contribution in [3.8, 4) is 17.1 Å². The highest BCUT2D eigenvalue weighted by atomic mass is 32.2. The van der Waals surface area contributed by atoms with E-state index in [1.807, 2.05) is 0 Å². The zero-order valence-corrected chi connectivity index (χ0v) is 11.6. The molecule has 0 radical (unpaired) electrons. The minimum absolute atomic E-state index is 0.103. The first-order valence-electron chi connectivity index (χ1n) is 5.63. The summed E-state index contributed by atoms with van der Waals surface area (Å²) < 4.78 is 0. The molecule has 0 bridgehead atoms. The third-order valence-corrected chi connectivity index (χ3v) is 3.23. The minimum Gasteiger partial charge on any atom is -0.507 e. The van der Waals surface area contributed by atoms with E-state index in [1.54, 1.807) is 0 Å². The van der Waals surface area contributed by atoms with E-state index in [-0.39, 0.29) is 38.7 Å². The fourth-order valence-electron chi connectivity index (χ4n) is 1.49. The van der Waals surface area contributed by atoms with E-state index in [1.165, 1.54) is 25.3 Å². The molecule has 2 aromatic rings. The number of H-pyrrole nitrogens is 1. The molecule has 0 unspecified atom stereocenters. The molecule has 0 aliphatic heterocycles. The molecule has 0 amide bonds. The average molecular weight is 311 g/mol. The number of hydrogen-bond acceptors (Lipinski definition) is 7. The number of aliphatic carboxylic acids is 1. The number of nitrogens with zero attached hydrogens (tertiary/aromatic N) is 3. The summed E-state index contributed by atoms with van der Waals surface area (Å²) in [6.45, 7) is 0. The predicted octanol–water partition coefficient (Wildman–Crippen LogP) is 1.33. The Morgan fingerprint density at radius 1 is 1.52 bits per heavy atom. The van der Waals surface area contributed by atoms with Gasteiger partial charge in [-0.25, -0.2) is 9.82 Å².